The molecule has 0 spiro atoms. The van der Waals surface area contributed by atoms with Crippen LogP contribution in [-0.2, 0) is 14.3 Å². The van der Waals surface area contributed by atoms with Crippen molar-refractivity contribution in [3.05, 3.63) is 54.6 Å². The molecular formula is C26H31N6O4S+. The fraction of sp³-hybridized carbons (Fsp3) is 0.385. The van der Waals surface area contributed by atoms with Crippen LogP contribution in [0, 0.1) is 0 Å². The van der Waals surface area contributed by atoms with E-state index in [1.165, 1.54) is 0 Å². The molecule has 4 N–H and O–H groups in total. The minimum atomic E-state index is -1.19. The zero-order chi connectivity index (χ0) is 26.0. The summed E-state index contributed by atoms with van der Waals surface area (Å²) < 4.78 is 14.5. The van der Waals surface area contributed by atoms with E-state index in [2.05, 4.69) is 10.2 Å². The summed E-state index contributed by atoms with van der Waals surface area (Å²) in [6, 6.07) is 9.92. The molecule has 194 valence electrons. The number of anilines is 1. The van der Waals surface area contributed by atoms with Crippen molar-refractivity contribution in [3.63, 3.8) is 0 Å². The Kier molecular flexibility index (Phi) is 7.18. The van der Waals surface area contributed by atoms with Crippen LogP contribution < -0.4 is 10.2 Å². The van der Waals surface area contributed by atoms with Gasteiger partial charge in [-0.1, -0.05) is 18.2 Å². The summed E-state index contributed by atoms with van der Waals surface area (Å²) in [7, 11) is 1.57. The van der Waals surface area contributed by atoms with E-state index in [0.29, 0.717) is 43.8 Å². The van der Waals surface area contributed by atoms with Crippen molar-refractivity contribution < 1.29 is 23.9 Å². The molecular weight excluding hydrogens is 492 g/mol. The molecule has 11 heteroatoms. The first-order valence-electron chi connectivity index (χ1n) is 12.2. The van der Waals surface area contributed by atoms with Crippen LogP contribution in [0.5, 0.6) is 0 Å². The molecule has 0 aliphatic heterocycles. The molecule has 4 aromatic rings. The zero-order valence-corrected chi connectivity index (χ0v) is 21.7. The Bertz CT molecular complexity index is 1400. The maximum Gasteiger partial charge on any atom is 0.335 e. The van der Waals surface area contributed by atoms with Gasteiger partial charge in [0, 0.05) is 31.0 Å². The van der Waals surface area contributed by atoms with E-state index in [-0.39, 0.29) is 12.5 Å². The summed E-state index contributed by atoms with van der Waals surface area (Å²) in [5.41, 5.74) is 9.82. The molecule has 0 radical (unpaired) electrons. The van der Waals surface area contributed by atoms with Gasteiger partial charge in [0.2, 0.25) is 0 Å². The number of aliphatic carboxylic acids is 1. The number of thioether (sulfide) groups is 1. The first kappa shape index (κ1) is 25.2. The van der Waals surface area contributed by atoms with E-state index < -0.39 is 11.6 Å². The highest BCUT2D eigenvalue weighted by Gasteiger charge is 2.45. The third kappa shape index (κ3) is 4.70. The number of hydrogen-bond donors (Lipinski definition) is 3. The van der Waals surface area contributed by atoms with Crippen molar-refractivity contribution in [2.24, 2.45) is 0 Å². The number of nitrogen functional groups attached to an aromatic ring is 1. The van der Waals surface area contributed by atoms with Crippen LogP contribution in [0.2, 0.25) is 0 Å². The number of para-hydroxylation sites is 1. The molecule has 37 heavy (non-hydrogen) atoms. The van der Waals surface area contributed by atoms with E-state index >= 15 is 0 Å². The minimum Gasteiger partial charge on any atom is -0.479 e. The molecule has 5 rings (SSSR count). The second-order valence-electron chi connectivity index (χ2n) is 9.19. The van der Waals surface area contributed by atoms with Crippen molar-refractivity contribution in [1.29, 1.82) is 0 Å². The largest absolute Gasteiger partial charge is 0.479 e. The predicted octanol–water partition coefficient (Wildman–Crippen LogP) is 3.45. The van der Waals surface area contributed by atoms with Gasteiger partial charge in [-0.05, 0) is 44.1 Å². The van der Waals surface area contributed by atoms with Gasteiger partial charge in [0.05, 0.1) is 30.7 Å². The Morgan fingerprint density at radius 2 is 2.05 bits per heavy atom. The number of nitrogens with two attached hydrogens (primary N) is 1. The summed E-state index contributed by atoms with van der Waals surface area (Å²) in [6.45, 7) is 0.610. The maximum absolute atomic E-state index is 12.1. The molecule has 1 fully saturated rings. The number of carboxylic acids is 1. The lowest BCUT2D eigenvalue weighted by atomic mass is 9.77. The number of H-pyrrole nitrogens is 1. The van der Waals surface area contributed by atoms with Crippen molar-refractivity contribution >= 4 is 29.2 Å². The Morgan fingerprint density at radius 1 is 1.30 bits per heavy atom. The lowest BCUT2D eigenvalue weighted by Crippen LogP contribution is -2.45. The number of methoxy groups -OCH3 is 1. The molecule has 0 atom stereocenters. The first-order chi connectivity index (χ1) is 18.0. The highest BCUT2D eigenvalue weighted by molar-refractivity contribution is 7.98. The van der Waals surface area contributed by atoms with Crippen LogP contribution >= 0.6 is 11.8 Å². The SMILES string of the molecule is COCCOC1(C(=O)O)CCC(c2nc3c(-c4cnn(-c5ccccc5)c4)c[nH][n+]3c(N)c2SC)CC1. The van der Waals surface area contributed by atoms with Crippen molar-refractivity contribution in [2.45, 2.75) is 42.1 Å². The van der Waals surface area contributed by atoms with Crippen LogP contribution in [0.1, 0.15) is 37.3 Å². The maximum atomic E-state index is 12.1. The van der Waals surface area contributed by atoms with Crippen molar-refractivity contribution in [2.75, 3.05) is 32.3 Å². The van der Waals surface area contributed by atoms with Crippen LogP contribution in [-0.4, -0.2) is 63.1 Å². The third-order valence-electron chi connectivity index (χ3n) is 7.08. The van der Waals surface area contributed by atoms with Crippen LogP contribution in [0.3, 0.4) is 0 Å². The van der Waals surface area contributed by atoms with Crippen LogP contribution in [0.25, 0.3) is 22.5 Å². The number of hydrogen-bond acceptors (Lipinski definition) is 7. The number of aromatic nitrogens is 5. The number of aromatic amines is 1. The number of nitrogens with zero attached hydrogens (tertiary/aromatic N) is 4. The molecule has 1 aromatic carbocycles. The number of ether oxygens (including phenoxy) is 2. The van der Waals surface area contributed by atoms with Gasteiger partial charge in [-0.15, -0.1) is 21.3 Å². The fourth-order valence-electron chi connectivity index (χ4n) is 5.05. The highest BCUT2D eigenvalue weighted by atomic mass is 32.2. The average Bonchev–Trinajstić information content (AvgIpc) is 3.57. The number of carboxylic acid groups (broad SMARTS) is 1. The quantitative estimate of drug-likeness (QED) is 0.173. The molecule has 1 saturated carbocycles. The van der Waals surface area contributed by atoms with Crippen molar-refractivity contribution in [1.82, 2.24) is 19.9 Å². The Balaban J connectivity index is 1.47. The highest BCUT2D eigenvalue weighted by Crippen LogP contribution is 2.43. The van der Waals surface area contributed by atoms with E-state index in [4.69, 9.17) is 20.2 Å². The second kappa shape index (κ2) is 10.5. The standard InChI is InChI=1S/C26H30N6O4S/c1-35-12-13-36-26(25(33)34)10-8-17(9-11-26)21-22(37-2)23(27)32-24(30-21)20(15-29-32)18-14-28-31(16-18)19-6-4-3-5-7-19/h3-7,14-17H,8-13H2,1-2H3,(H3,27,29,30,33,34)/p+1. The molecule has 1 aliphatic carbocycles. The van der Waals surface area contributed by atoms with E-state index in [1.807, 2.05) is 59.9 Å². The average molecular weight is 524 g/mol. The van der Waals surface area contributed by atoms with Crippen LogP contribution in [0.15, 0.2) is 53.8 Å². The van der Waals surface area contributed by atoms with E-state index in [1.54, 1.807) is 23.4 Å². The summed E-state index contributed by atoms with van der Waals surface area (Å²) in [4.78, 5) is 18.1. The van der Waals surface area contributed by atoms with Crippen molar-refractivity contribution in [3.8, 4) is 16.8 Å². The monoisotopic (exact) mass is 523 g/mol. The lowest BCUT2D eigenvalue weighted by molar-refractivity contribution is -0.565. The molecule has 0 saturated heterocycles. The molecule has 10 nitrogen and oxygen atoms in total. The minimum absolute atomic E-state index is 0.0723. The Labute approximate surface area is 218 Å². The van der Waals surface area contributed by atoms with Gasteiger partial charge in [-0.2, -0.15) is 5.10 Å². The molecule has 3 aromatic heterocycles. The predicted molar refractivity (Wildman–Crippen MR) is 140 cm³/mol. The number of nitrogens with one attached hydrogen (secondary N) is 1. The van der Waals surface area contributed by atoms with E-state index in [0.717, 1.165) is 27.4 Å². The number of fused-ring (bicyclic) bond motifs is 1. The second-order valence-corrected chi connectivity index (χ2v) is 10.0. The first-order valence-corrected chi connectivity index (χ1v) is 13.4. The van der Waals surface area contributed by atoms with Gasteiger partial charge >= 0.3 is 5.97 Å². The number of rotatable bonds is 9. The number of carbonyl (C=O) groups is 1. The molecule has 0 bridgehead atoms. The Hall–Kier alpha value is -3.41. The summed E-state index contributed by atoms with van der Waals surface area (Å²) in [5, 5.41) is 17.7. The third-order valence-corrected chi connectivity index (χ3v) is 7.90. The molecule has 1 aliphatic rings. The summed E-state index contributed by atoms with van der Waals surface area (Å²) >= 11 is 1.55. The van der Waals surface area contributed by atoms with Crippen LogP contribution in [0.4, 0.5) is 5.82 Å². The van der Waals surface area contributed by atoms with Gasteiger partial charge in [0.25, 0.3) is 11.5 Å². The topological polar surface area (TPSA) is 132 Å². The zero-order valence-electron chi connectivity index (χ0n) is 20.9. The van der Waals surface area contributed by atoms with Gasteiger partial charge < -0.3 is 20.3 Å². The van der Waals surface area contributed by atoms with Gasteiger partial charge in [-0.25, -0.2) is 9.48 Å². The lowest BCUT2D eigenvalue weighted by Gasteiger charge is -2.36. The Morgan fingerprint density at radius 3 is 2.73 bits per heavy atom. The van der Waals surface area contributed by atoms with Gasteiger partial charge in [0.15, 0.2) is 5.60 Å². The smallest absolute Gasteiger partial charge is 0.335 e. The fourth-order valence-corrected chi connectivity index (χ4v) is 5.77. The van der Waals surface area contributed by atoms with E-state index in [9.17, 15) is 9.90 Å². The molecule has 0 amide bonds. The van der Waals surface area contributed by atoms with Gasteiger partial charge in [-0.3, -0.25) is 5.10 Å². The summed E-state index contributed by atoms with van der Waals surface area (Å²) in [5.74, 6) is -0.266. The number of benzene rings is 1. The molecule has 3 heterocycles. The normalized spacial score (nSPS) is 19.9. The van der Waals surface area contributed by atoms with Gasteiger partial charge in [0.1, 0.15) is 10.6 Å². The summed E-state index contributed by atoms with van der Waals surface area (Å²) in [6.07, 6.45) is 9.74. The molecule has 0 unspecified atom stereocenters.